The van der Waals surface area contributed by atoms with Gasteiger partial charge in [-0.25, -0.2) is 8.42 Å². The van der Waals surface area contributed by atoms with E-state index < -0.39 is 9.84 Å². The molecular weight excluding hydrogens is 462 g/mol. The summed E-state index contributed by atoms with van der Waals surface area (Å²) in [6.45, 7) is 1.95. The van der Waals surface area contributed by atoms with Gasteiger partial charge in [-0.1, -0.05) is 22.0 Å². The summed E-state index contributed by atoms with van der Waals surface area (Å²) in [6, 6.07) is 10.9. The first kappa shape index (κ1) is 19.4. The van der Waals surface area contributed by atoms with Crippen LogP contribution in [0.5, 0.6) is 0 Å². The van der Waals surface area contributed by atoms with Gasteiger partial charge < -0.3 is 5.32 Å². The van der Waals surface area contributed by atoms with E-state index in [0.717, 1.165) is 20.6 Å². The fraction of sp³-hybridized carbons (Fsp3) is 0.263. The lowest BCUT2D eigenvalue weighted by atomic mass is 10.2. The number of carbonyl (C=O) groups is 1. The normalized spacial score (nSPS) is 18.3. The molecule has 4 rings (SSSR count). The average Bonchev–Trinajstić information content (AvgIpc) is 3.36. The molecule has 9 heteroatoms. The van der Waals surface area contributed by atoms with Crippen LogP contribution in [0.15, 0.2) is 46.3 Å². The Labute approximate surface area is 175 Å². The van der Waals surface area contributed by atoms with Gasteiger partial charge in [0.15, 0.2) is 15.5 Å². The molecule has 1 aromatic carbocycles. The quantitative estimate of drug-likeness (QED) is 0.604. The van der Waals surface area contributed by atoms with Crippen LogP contribution >= 0.6 is 27.3 Å². The third kappa shape index (κ3) is 3.92. The fourth-order valence-corrected chi connectivity index (χ4v) is 5.95. The predicted octanol–water partition coefficient (Wildman–Crippen LogP) is 4.29. The van der Waals surface area contributed by atoms with E-state index in [9.17, 15) is 13.2 Å². The molecule has 3 aromatic rings. The minimum atomic E-state index is -3.06. The molecule has 2 aromatic heterocycles. The summed E-state index contributed by atoms with van der Waals surface area (Å²) in [5.74, 6) is -0.111. The SMILES string of the molecule is Cc1cc(NC(=O)c2cc(-c3cccs3)n(C3CCS(=O)(=O)C3)n2)ccc1Br. The molecule has 6 nitrogen and oxygen atoms in total. The first-order valence-electron chi connectivity index (χ1n) is 8.74. The van der Waals surface area contributed by atoms with Gasteiger partial charge in [0.2, 0.25) is 0 Å². The van der Waals surface area contributed by atoms with Crippen LogP contribution in [0.4, 0.5) is 5.69 Å². The number of benzene rings is 1. The molecule has 0 bridgehead atoms. The molecule has 1 N–H and O–H groups in total. The van der Waals surface area contributed by atoms with E-state index in [0.29, 0.717) is 12.1 Å². The molecule has 1 fully saturated rings. The Morgan fingerprint density at radius 3 is 2.79 bits per heavy atom. The minimum absolute atomic E-state index is 0.0556. The number of rotatable bonds is 4. The van der Waals surface area contributed by atoms with Crippen LogP contribution < -0.4 is 5.32 Å². The van der Waals surface area contributed by atoms with Crippen molar-refractivity contribution in [1.82, 2.24) is 9.78 Å². The number of amides is 1. The zero-order valence-corrected chi connectivity index (χ0v) is 18.3. The zero-order chi connectivity index (χ0) is 19.9. The van der Waals surface area contributed by atoms with E-state index in [1.54, 1.807) is 10.7 Å². The molecule has 0 radical (unpaired) electrons. The van der Waals surface area contributed by atoms with E-state index in [2.05, 4.69) is 26.3 Å². The third-order valence-corrected chi connectivity index (χ3v) is 8.24. The Morgan fingerprint density at radius 1 is 1.32 bits per heavy atom. The van der Waals surface area contributed by atoms with Crippen LogP contribution in [0, 0.1) is 6.92 Å². The van der Waals surface area contributed by atoms with E-state index in [4.69, 9.17) is 0 Å². The molecule has 1 unspecified atom stereocenters. The number of halogens is 1. The summed E-state index contributed by atoms with van der Waals surface area (Å²) >= 11 is 4.98. The summed E-state index contributed by atoms with van der Waals surface area (Å²) in [5, 5.41) is 9.30. The van der Waals surface area contributed by atoms with Crippen molar-refractivity contribution in [2.24, 2.45) is 0 Å². The number of nitrogens with one attached hydrogen (secondary N) is 1. The van der Waals surface area contributed by atoms with Crippen molar-refractivity contribution in [1.29, 1.82) is 0 Å². The highest BCUT2D eigenvalue weighted by Gasteiger charge is 2.32. The van der Waals surface area contributed by atoms with Crippen molar-refractivity contribution in [3.63, 3.8) is 0 Å². The number of thiophene rings is 1. The molecule has 1 saturated heterocycles. The zero-order valence-electron chi connectivity index (χ0n) is 15.1. The first-order valence-corrected chi connectivity index (χ1v) is 12.2. The summed E-state index contributed by atoms with van der Waals surface area (Å²) < 4.78 is 26.5. The van der Waals surface area contributed by atoms with Gasteiger partial charge in [0, 0.05) is 10.2 Å². The Morgan fingerprint density at radius 2 is 2.14 bits per heavy atom. The van der Waals surface area contributed by atoms with E-state index in [-0.39, 0.29) is 29.1 Å². The largest absolute Gasteiger partial charge is 0.321 e. The number of nitrogens with zero attached hydrogens (tertiary/aromatic N) is 2. The molecule has 1 aliphatic rings. The van der Waals surface area contributed by atoms with Gasteiger partial charge in [-0.05, 0) is 54.6 Å². The second-order valence-electron chi connectivity index (χ2n) is 6.81. The molecule has 0 spiro atoms. The minimum Gasteiger partial charge on any atom is -0.321 e. The van der Waals surface area contributed by atoms with Crippen LogP contribution in [0.25, 0.3) is 10.6 Å². The van der Waals surface area contributed by atoms with E-state index in [1.807, 2.05) is 42.6 Å². The maximum absolute atomic E-state index is 12.8. The standard InChI is InChI=1S/C19H18BrN3O3S2/c1-12-9-13(4-5-15(12)20)21-19(24)16-10-17(18-3-2-7-27-18)23(22-16)14-6-8-28(25,26)11-14/h2-5,7,9-10,14H,6,8,11H2,1H3,(H,21,24). The van der Waals surface area contributed by atoms with Crippen LogP contribution in [-0.4, -0.2) is 35.6 Å². The molecule has 1 amide bonds. The number of anilines is 1. The number of sulfone groups is 1. The van der Waals surface area contributed by atoms with Crippen molar-refractivity contribution >= 4 is 48.7 Å². The highest BCUT2D eigenvalue weighted by Crippen LogP contribution is 2.32. The lowest BCUT2D eigenvalue weighted by molar-refractivity contribution is 0.102. The first-order chi connectivity index (χ1) is 13.3. The molecule has 28 heavy (non-hydrogen) atoms. The van der Waals surface area contributed by atoms with E-state index in [1.165, 1.54) is 11.3 Å². The van der Waals surface area contributed by atoms with Gasteiger partial charge in [-0.15, -0.1) is 11.3 Å². The van der Waals surface area contributed by atoms with Crippen molar-refractivity contribution < 1.29 is 13.2 Å². The van der Waals surface area contributed by atoms with Gasteiger partial charge >= 0.3 is 0 Å². The Balaban J connectivity index is 1.67. The number of carbonyl (C=O) groups excluding carboxylic acids is 1. The summed E-state index contributed by atoms with van der Waals surface area (Å²) in [4.78, 5) is 13.7. The lowest BCUT2D eigenvalue weighted by Crippen LogP contribution is -2.16. The Kier molecular flexibility index (Phi) is 5.15. The van der Waals surface area contributed by atoms with Crippen LogP contribution in [0.1, 0.15) is 28.5 Å². The van der Waals surface area contributed by atoms with Gasteiger partial charge in [-0.2, -0.15) is 5.10 Å². The van der Waals surface area contributed by atoms with Crippen molar-refractivity contribution in [2.45, 2.75) is 19.4 Å². The molecule has 0 aliphatic carbocycles. The topological polar surface area (TPSA) is 81.1 Å². The second-order valence-corrected chi connectivity index (χ2v) is 10.8. The van der Waals surface area contributed by atoms with Crippen LogP contribution in [-0.2, 0) is 9.84 Å². The van der Waals surface area contributed by atoms with Crippen LogP contribution in [0.3, 0.4) is 0 Å². The number of aromatic nitrogens is 2. The Bertz CT molecular complexity index is 1140. The van der Waals surface area contributed by atoms with Gasteiger partial charge in [0.05, 0.1) is 28.1 Å². The average molecular weight is 480 g/mol. The summed E-state index contributed by atoms with van der Waals surface area (Å²) in [6.07, 6.45) is 0.509. The van der Waals surface area contributed by atoms with E-state index >= 15 is 0 Å². The van der Waals surface area contributed by atoms with Crippen LogP contribution in [0.2, 0.25) is 0 Å². The summed E-state index contributed by atoms with van der Waals surface area (Å²) in [5.41, 5.74) is 2.74. The molecule has 3 heterocycles. The molecule has 1 atom stereocenters. The molecule has 1 aliphatic heterocycles. The fourth-order valence-electron chi connectivity index (χ4n) is 3.28. The smallest absolute Gasteiger partial charge is 0.276 e. The summed E-state index contributed by atoms with van der Waals surface area (Å²) in [7, 11) is -3.06. The number of hydrogen-bond donors (Lipinski definition) is 1. The Hall–Kier alpha value is -1.97. The van der Waals surface area contributed by atoms with Crippen molar-refractivity contribution in [3.05, 3.63) is 57.5 Å². The maximum atomic E-state index is 12.8. The lowest BCUT2D eigenvalue weighted by Gasteiger charge is -2.12. The number of aryl methyl sites for hydroxylation is 1. The second kappa shape index (κ2) is 7.46. The molecular formula is C19H18BrN3O3S2. The molecule has 146 valence electrons. The predicted molar refractivity (Wildman–Crippen MR) is 115 cm³/mol. The monoisotopic (exact) mass is 479 g/mol. The highest BCUT2D eigenvalue weighted by atomic mass is 79.9. The number of hydrogen-bond acceptors (Lipinski definition) is 5. The van der Waals surface area contributed by atoms with Gasteiger partial charge in [0.1, 0.15) is 0 Å². The van der Waals surface area contributed by atoms with Crippen molar-refractivity contribution in [2.75, 3.05) is 16.8 Å². The van der Waals surface area contributed by atoms with Gasteiger partial charge in [0.25, 0.3) is 5.91 Å². The van der Waals surface area contributed by atoms with Gasteiger partial charge in [-0.3, -0.25) is 9.48 Å². The third-order valence-electron chi connectivity index (χ3n) is 4.71. The highest BCUT2D eigenvalue weighted by molar-refractivity contribution is 9.10. The molecule has 0 saturated carbocycles. The maximum Gasteiger partial charge on any atom is 0.276 e. The van der Waals surface area contributed by atoms with Crippen molar-refractivity contribution in [3.8, 4) is 10.6 Å².